The van der Waals surface area contributed by atoms with E-state index >= 15 is 0 Å². The van der Waals surface area contributed by atoms with E-state index in [1.54, 1.807) is 10.7 Å². The third-order valence-corrected chi connectivity index (χ3v) is 2.51. The molecule has 1 N–H and O–H groups in total. The fourth-order valence-corrected chi connectivity index (χ4v) is 1.84. The lowest BCUT2D eigenvalue weighted by molar-refractivity contribution is 0.108. The van der Waals surface area contributed by atoms with Crippen molar-refractivity contribution in [1.82, 2.24) is 9.78 Å². The van der Waals surface area contributed by atoms with Crippen molar-refractivity contribution in [3.63, 3.8) is 0 Å². The second-order valence-electron chi connectivity index (χ2n) is 3.79. The van der Waals surface area contributed by atoms with E-state index in [1.165, 1.54) is 0 Å². The number of aryl methyl sites for hydroxylation is 1. The van der Waals surface area contributed by atoms with Crippen molar-refractivity contribution in [2.45, 2.75) is 38.8 Å². The molecule has 0 fully saturated rings. The summed E-state index contributed by atoms with van der Waals surface area (Å²) in [5, 5.41) is 7.03. The fraction of sp³-hybridized carbons (Fsp3) is 0.667. The SMILES string of the molecule is Cc1cc2n(n1)[C@@H](C)C[C@@H](C(F)F)N2. The predicted molar refractivity (Wildman–Crippen MR) is 49.7 cm³/mol. The number of alkyl halides is 2. The zero-order valence-electron chi connectivity index (χ0n) is 8.17. The van der Waals surface area contributed by atoms with Gasteiger partial charge in [0.15, 0.2) is 0 Å². The molecule has 0 aliphatic carbocycles. The fourth-order valence-electron chi connectivity index (χ4n) is 1.84. The van der Waals surface area contributed by atoms with Crippen LogP contribution >= 0.6 is 0 Å². The molecule has 0 amide bonds. The molecule has 1 aliphatic rings. The summed E-state index contributed by atoms with van der Waals surface area (Å²) in [4.78, 5) is 0. The first kappa shape index (κ1) is 9.43. The van der Waals surface area contributed by atoms with E-state index in [-0.39, 0.29) is 6.04 Å². The topological polar surface area (TPSA) is 29.9 Å². The largest absolute Gasteiger partial charge is 0.362 e. The summed E-state index contributed by atoms with van der Waals surface area (Å²) in [5.41, 5.74) is 0.856. The first-order chi connectivity index (χ1) is 6.58. The lowest BCUT2D eigenvalue weighted by Crippen LogP contribution is -2.36. The molecular formula is C9H13F2N3. The Hall–Kier alpha value is -1.13. The van der Waals surface area contributed by atoms with Crippen molar-refractivity contribution in [1.29, 1.82) is 0 Å². The molecule has 14 heavy (non-hydrogen) atoms. The Balaban J connectivity index is 2.28. The van der Waals surface area contributed by atoms with Crippen LogP contribution in [0.1, 0.15) is 25.1 Å². The highest BCUT2D eigenvalue weighted by Gasteiger charge is 2.30. The van der Waals surface area contributed by atoms with Crippen molar-refractivity contribution < 1.29 is 8.78 Å². The second kappa shape index (κ2) is 3.22. The lowest BCUT2D eigenvalue weighted by atomic mass is 10.1. The van der Waals surface area contributed by atoms with Crippen LogP contribution in [0.5, 0.6) is 0 Å². The normalized spacial score (nSPS) is 26.1. The smallest absolute Gasteiger partial charge is 0.258 e. The average molecular weight is 201 g/mol. The van der Waals surface area contributed by atoms with E-state index in [9.17, 15) is 8.78 Å². The van der Waals surface area contributed by atoms with Gasteiger partial charge in [0, 0.05) is 6.07 Å². The highest BCUT2D eigenvalue weighted by Crippen LogP contribution is 2.29. The number of nitrogens with zero attached hydrogens (tertiary/aromatic N) is 2. The van der Waals surface area contributed by atoms with Crippen molar-refractivity contribution in [2.24, 2.45) is 0 Å². The van der Waals surface area contributed by atoms with Crippen LogP contribution in [0.25, 0.3) is 0 Å². The van der Waals surface area contributed by atoms with Gasteiger partial charge in [0.05, 0.1) is 17.8 Å². The molecular weight excluding hydrogens is 188 g/mol. The van der Waals surface area contributed by atoms with E-state index in [0.717, 1.165) is 5.69 Å². The van der Waals surface area contributed by atoms with E-state index < -0.39 is 12.5 Å². The summed E-state index contributed by atoms with van der Waals surface area (Å²) in [5.74, 6) is 0.701. The van der Waals surface area contributed by atoms with Crippen LogP contribution in [-0.4, -0.2) is 22.2 Å². The maximum atomic E-state index is 12.5. The van der Waals surface area contributed by atoms with Gasteiger partial charge >= 0.3 is 0 Å². The Morgan fingerprint density at radius 1 is 1.64 bits per heavy atom. The summed E-state index contributed by atoms with van der Waals surface area (Å²) in [6.07, 6.45) is -1.90. The van der Waals surface area contributed by atoms with Crippen LogP contribution in [0.15, 0.2) is 6.07 Å². The molecule has 0 radical (unpaired) electrons. The molecule has 1 aromatic heterocycles. The molecule has 1 aromatic rings. The zero-order chi connectivity index (χ0) is 10.3. The second-order valence-corrected chi connectivity index (χ2v) is 3.79. The highest BCUT2D eigenvalue weighted by molar-refractivity contribution is 5.40. The summed E-state index contributed by atoms with van der Waals surface area (Å²) < 4.78 is 26.8. The Morgan fingerprint density at radius 2 is 2.36 bits per heavy atom. The van der Waals surface area contributed by atoms with Gasteiger partial charge in [-0.25, -0.2) is 13.5 Å². The van der Waals surface area contributed by atoms with Gasteiger partial charge in [0.2, 0.25) is 0 Å². The van der Waals surface area contributed by atoms with Gasteiger partial charge < -0.3 is 5.32 Å². The van der Waals surface area contributed by atoms with Gasteiger partial charge in [-0.3, -0.25) is 0 Å². The number of hydrogen-bond acceptors (Lipinski definition) is 2. The van der Waals surface area contributed by atoms with E-state index in [0.29, 0.717) is 12.2 Å². The molecule has 2 rings (SSSR count). The number of hydrogen-bond donors (Lipinski definition) is 1. The maximum absolute atomic E-state index is 12.5. The number of fused-ring (bicyclic) bond motifs is 1. The first-order valence-corrected chi connectivity index (χ1v) is 4.69. The number of aromatic nitrogens is 2. The van der Waals surface area contributed by atoms with E-state index in [4.69, 9.17) is 0 Å². The molecule has 3 nitrogen and oxygen atoms in total. The molecule has 0 spiro atoms. The molecule has 0 bridgehead atoms. The van der Waals surface area contributed by atoms with Gasteiger partial charge in [0.1, 0.15) is 5.82 Å². The third kappa shape index (κ3) is 1.47. The van der Waals surface area contributed by atoms with Crippen molar-refractivity contribution in [2.75, 3.05) is 5.32 Å². The molecule has 0 saturated heterocycles. The zero-order valence-corrected chi connectivity index (χ0v) is 8.17. The van der Waals surface area contributed by atoms with E-state index in [1.807, 2.05) is 13.8 Å². The molecule has 5 heteroatoms. The molecule has 0 saturated carbocycles. The number of halogens is 2. The van der Waals surface area contributed by atoms with Gasteiger partial charge in [-0.05, 0) is 20.3 Å². The summed E-state index contributed by atoms with van der Waals surface area (Å²) in [7, 11) is 0. The summed E-state index contributed by atoms with van der Waals surface area (Å²) >= 11 is 0. The quantitative estimate of drug-likeness (QED) is 0.754. The Kier molecular flexibility index (Phi) is 2.17. The van der Waals surface area contributed by atoms with Gasteiger partial charge in [-0.1, -0.05) is 0 Å². The van der Waals surface area contributed by atoms with Crippen LogP contribution < -0.4 is 5.32 Å². The number of nitrogens with one attached hydrogen (secondary N) is 1. The molecule has 0 unspecified atom stereocenters. The molecule has 1 aliphatic heterocycles. The molecule has 2 heterocycles. The van der Waals surface area contributed by atoms with Crippen molar-refractivity contribution >= 4 is 5.82 Å². The predicted octanol–water partition coefficient (Wildman–Crippen LogP) is 2.20. The van der Waals surface area contributed by atoms with Crippen molar-refractivity contribution in [3.8, 4) is 0 Å². The van der Waals surface area contributed by atoms with Gasteiger partial charge in [-0.2, -0.15) is 5.10 Å². The average Bonchev–Trinajstić information content (AvgIpc) is 2.45. The van der Waals surface area contributed by atoms with Crippen LogP contribution in [0.3, 0.4) is 0 Å². The summed E-state index contributed by atoms with van der Waals surface area (Å²) in [6, 6.07) is 1.10. The molecule has 2 atom stereocenters. The number of rotatable bonds is 1. The minimum atomic E-state index is -2.32. The molecule has 78 valence electrons. The summed E-state index contributed by atoms with van der Waals surface area (Å²) in [6.45, 7) is 3.77. The Morgan fingerprint density at radius 3 is 3.00 bits per heavy atom. The van der Waals surface area contributed by atoms with Crippen molar-refractivity contribution in [3.05, 3.63) is 11.8 Å². The van der Waals surface area contributed by atoms with Crippen LogP contribution in [0, 0.1) is 6.92 Å². The molecule has 0 aromatic carbocycles. The van der Waals surface area contributed by atoms with Gasteiger partial charge in [0.25, 0.3) is 6.43 Å². The Bertz CT molecular complexity index is 335. The monoisotopic (exact) mass is 201 g/mol. The minimum absolute atomic E-state index is 0.0407. The first-order valence-electron chi connectivity index (χ1n) is 4.69. The van der Waals surface area contributed by atoms with Crippen LogP contribution in [0.4, 0.5) is 14.6 Å². The number of anilines is 1. The Labute approximate surface area is 81.1 Å². The lowest BCUT2D eigenvalue weighted by Gasteiger charge is -2.29. The maximum Gasteiger partial charge on any atom is 0.258 e. The standard InChI is InChI=1S/C9H13F2N3/c1-5-3-8-12-7(9(10)11)4-6(2)14(8)13-5/h3,6-7,9,12H,4H2,1-2H3/t6-,7-/m0/s1. The van der Waals surface area contributed by atoms with E-state index in [2.05, 4.69) is 10.4 Å². The third-order valence-electron chi connectivity index (χ3n) is 2.51. The minimum Gasteiger partial charge on any atom is -0.362 e. The van der Waals surface area contributed by atoms with Crippen LogP contribution in [0.2, 0.25) is 0 Å². The van der Waals surface area contributed by atoms with Crippen LogP contribution in [-0.2, 0) is 0 Å². The highest BCUT2D eigenvalue weighted by atomic mass is 19.3. The van der Waals surface area contributed by atoms with Gasteiger partial charge in [-0.15, -0.1) is 0 Å².